The lowest BCUT2D eigenvalue weighted by Crippen LogP contribution is -2.49. The first kappa shape index (κ1) is 12.9. The fourth-order valence-corrected chi connectivity index (χ4v) is 2.94. The Labute approximate surface area is 91.6 Å². The summed E-state index contributed by atoms with van der Waals surface area (Å²) in [5.74, 6) is 0.468. The Balaban J connectivity index is 2.52. The normalized spacial score (nSPS) is 21.1. The standard InChI is InChI=1S/C8H20N4O2S/c1-11(2)10-15(13,14)12-5-3-8(7-9)4-6-12/h8,10H,3-7,9H2,1-2H3. The van der Waals surface area contributed by atoms with Crippen molar-refractivity contribution < 1.29 is 8.42 Å². The first-order valence-corrected chi connectivity index (χ1v) is 6.54. The molecular formula is C8H20N4O2S. The van der Waals surface area contributed by atoms with Gasteiger partial charge in [0.2, 0.25) is 0 Å². The second-order valence-electron chi connectivity index (χ2n) is 4.07. The fraction of sp³-hybridized carbons (Fsp3) is 1.00. The van der Waals surface area contributed by atoms with E-state index < -0.39 is 10.2 Å². The summed E-state index contributed by atoms with van der Waals surface area (Å²) in [5.41, 5.74) is 5.55. The number of piperidine rings is 1. The SMILES string of the molecule is CN(C)NS(=O)(=O)N1CCC(CN)CC1. The summed E-state index contributed by atoms with van der Waals surface area (Å²) < 4.78 is 24.9. The van der Waals surface area contributed by atoms with Gasteiger partial charge in [0.05, 0.1) is 0 Å². The molecule has 1 aliphatic heterocycles. The van der Waals surface area contributed by atoms with Crippen molar-refractivity contribution in [2.24, 2.45) is 11.7 Å². The lowest BCUT2D eigenvalue weighted by Gasteiger charge is -2.31. The van der Waals surface area contributed by atoms with E-state index in [2.05, 4.69) is 4.83 Å². The molecule has 0 radical (unpaired) electrons. The van der Waals surface area contributed by atoms with Crippen LogP contribution in [0.5, 0.6) is 0 Å². The molecule has 90 valence electrons. The van der Waals surface area contributed by atoms with Crippen molar-refractivity contribution in [1.29, 1.82) is 0 Å². The van der Waals surface area contributed by atoms with Gasteiger partial charge in [0.1, 0.15) is 0 Å². The molecule has 6 nitrogen and oxygen atoms in total. The summed E-state index contributed by atoms with van der Waals surface area (Å²) in [6.07, 6.45) is 1.70. The van der Waals surface area contributed by atoms with E-state index in [9.17, 15) is 8.42 Å². The fourth-order valence-electron chi connectivity index (χ4n) is 1.67. The van der Waals surface area contributed by atoms with Crippen molar-refractivity contribution in [3.8, 4) is 0 Å². The minimum atomic E-state index is -3.35. The Bertz CT molecular complexity index is 283. The van der Waals surface area contributed by atoms with Crippen LogP contribution in [0.3, 0.4) is 0 Å². The maximum atomic E-state index is 11.7. The molecule has 15 heavy (non-hydrogen) atoms. The molecule has 0 bridgehead atoms. The first-order valence-electron chi connectivity index (χ1n) is 5.10. The molecule has 0 aromatic carbocycles. The Kier molecular flexibility index (Phi) is 4.47. The third-order valence-corrected chi connectivity index (χ3v) is 4.19. The number of nitrogens with zero attached hydrogens (tertiary/aromatic N) is 2. The highest BCUT2D eigenvalue weighted by Gasteiger charge is 2.27. The van der Waals surface area contributed by atoms with E-state index in [1.807, 2.05) is 0 Å². The second-order valence-corrected chi connectivity index (χ2v) is 5.72. The van der Waals surface area contributed by atoms with Crippen molar-refractivity contribution in [3.05, 3.63) is 0 Å². The molecular weight excluding hydrogens is 216 g/mol. The number of nitrogens with one attached hydrogen (secondary N) is 1. The molecule has 1 heterocycles. The Morgan fingerprint density at radius 2 is 1.93 bits per heavy atom. The van der Waals surface area contributed by atoms with E-state index in [1.54, 1.807) is 14.1 Å². The first-order chi connectivity index (χ1) is 6.95. The third-order valence-electron chi connectivity index (χ3n) is 2.54. The molecule has 0 saturated carbocycles. The zero-order valence-electron chi connectivity index (χ0n) is 9.31. The molecule has 0 unspecified atom stereocenters. The second kappa shape index (κ2) is 5.22. The van der Waals surface area contributed by atoms with E-state index in [-0.39, 0.29) is 0 Å². The van der Waals surface area contributed by atoms with Crippen LogP contribution in [0.4, 0.5) is 0 Å². The molecule has 0 atom stereocenters. The average Bonchev–Trinajstić information content (AvgIpc) is 2.16. The van der Waals surface area contributed by atoms with Crippen molar-refractivity contribution in [2.75, 3.05) is 33.7 Å². The van der Waals surface area contributed by atoms with Crippen molar-refractivity contribution in [1.82, 2.24) is 14.1 Å². The Morgan fingerprint density at radius 1 is 1.40 bits per heavy atom. The van der Waals surface area contributed by atoms with Gasteiger partial charge < -0.3 is 5.73 Å². The summed E-state index contributed by atoms with van der Waals surface area (Å²) in [6.45, 7) is 1.77. The van der Waals surface area contributed by atoms with E-state index in [0.717, 1.165) is 12.8 Å². The molecule has 1 saturated heterocycles. The molecule has 1 rings (SSSR count). The topological polar surface area (TPSA) is 78.7 Å². The molecule has 0 aromatic rings. The molecule has 1 fully saturated rings. The lowest BCUT2D eigenvalue weighted by atomic mass is 9.99. The molecule has 0 amide bonds. The zero-order valence-corrected chi connectivity index (χ0v) is 10.1. The molecule has 0 spiro atoms. The monoisotopic (exact) mass is 236 g/mol. The Morgan fingerprint density at radius 3 is 2.33 bits per heavy atom. The summed E-state index contributed by atoms with van der Waals surface area (Å²) in [6, 6.07) is 0. The maximum Gasteiger partial charge on any atom is 0.292 e. The summed E-state index contributed by atoms with van der Waals surface area (Å²) >= 11 is 0. The van der Waals surface area contributed by atoms with Crippen LogP contribution in [0, 0.1) is 5.92 Å². The molecule has 0 aromatic heterocycles. The van der Waals surface area contributed by atoms with Gasteiger partial charge in [0.15, 0.2) is 0 Å². The average molecular weight is 236 g/mol. The van der Waals surface area contributed by atoms with Gasteiger partial charge in [-0.1, -0.05) is 0 Å². The summed E-state index contributed by atoms with van der Waals surface area (Å²) in [5, 5.41) is 1.43. The summed E-state index contributed by atoms with van der Waals surface area (Å²) in [4.78, 5) is 2.42. The largest absolute Gasteiger partial charge is 0.330 e. The van der Waals surface area contributed by atoms with Crippen LogP contribution in [0.25, 0.3) is 0 Å². The van der Waals surface area contributed by atoms with E-state index in [4.69, 9.17) is 5.73 Å². The zero-order chi connectivity index (χ0) is 11.5. The van der Waals surface area contributed by atoms with E-state index in [1.165, 1.54) is 9.31 Å². The maximum absolute atomic E-state index is 11.7. The van der Waals surface area contributed by atoms with E-state index >= 15 is 0 Å². The highest BCUT2D eigenvalue weighted by molar-refractivity contribution is 7.87. The quantitative estimate of drug-likeness (QED) is 0.612. The predicted molar refractivity (Wildman–Crippen MR) is 59.1 cm³/mol. The molecule has 0 aliphatic carbocycles. The smallest absolute Gasteiger partial charge is 0.292 e. The number of nitrogens with two attached hydrogens (primary N) is 1. The van der Waals surface area contributed by atoms with Gasteiger partial charge in [-0.25, -0.2) is 5.01 Å². The number of rotatable bonds is 4. The molecule has 1 aliphatic rings. The lowest BCUT2D eigenvalue weighted by molar-refractivity contribution is 0.261. The molecule has 7 heteroatoms. The Hall–Kier alpha value is -0.210. The highest BCUT2D eigenvalue weighted by atomic mass is 32.2. The summed E-state index contributed by atoms with van der Waals surface area (Å²) in [7, 11) is -0.0319. The van der Waals surface area contributed by atoms with Crippen LogP contribution in [-0.4, -0.2) is 51.5 Å². The van der Waals surface area contributed by atoms with Crippen LogP contribution >= 0.6 is 0 Å². The van der Waals surface area contributed by atoms with Crippen LogP contribution < -0.4 is 10.6 Å². The van der Waals surface area contributed by atoms with Crippen LogP contribution in [0.15, 0.2) is 0 Å². The van der Waals surface area contributed by atoms with Gasteiger partial charge in [0.25, 0.3) is 10.2 Å². The van der Waals surface area contributed by atoms with Gasteiger partial charge in [-0.05, 0) is 25.3 Å². The van der Waals surface area contributed by atoms with Crippen LogP contribution in [0.1, 0.15) is 12.8 Å². The third kappa shape index (κ3) is 3.69. The van der Waals surface area contributed by atoms with Crippen LogP contribution in [0.2, 0.25) is 0 Å². The predicted octanol–water partition coefficient (Wildman–Crippen LogP) is -1.03. The van der Waals surface area contributed by atoms with Gasteiger partial charge in [0, 0.05) is 27.2 Å². The minimum Gasteiger partial charge on any atom is -0.330 e. The highest BCUT2D eigenvalue weighted by Crippen LogP contribution is 2.17. The van der Waals surface area contributed by atoms with Gasteiger partial charge in [-0.2, -0.15) is 12.7 Å². The number of hydrogen-bond acceptors (Lipinski definition) is 4. The minimum absolute atomic E-state index is 0.468. The van der Waals surface area contributed by atoms with E-state index in [0.29, 0.717) is 25.6 Å². The van der Waals surface area contributed by atoms with Gasteiger partial charge in [-0.15, -0.1) is 4.83 Å². The molecule has 3 N–H and O–H groups in total. The van der Waals surface area contributed by atoms with Gasteiger partial charge >= 0.3 is 0 Å². The van der Waals surface area contributed by atoms with Gasteiger partial charge in [-0.3, -0.25) is 0 Å². The van der Waals surface area contributed by atoms with Crippen molar-refractivity contribution in [2.45, 2.75) is 12.8 Å². The number of hydrazine groups is 1. The van der Waals surface area contributed by atoms with Crippen LogP contribution in [-0.2, 0) is 10.2 Å². The van der Waals surface area contributed by atoms with Crippen molar-refractivity contribution in [3.63, 3.8) is 0 Å². The van der Waals surface area contributed by atoms with Crippen molar-refractivity contribution >= 4 is 10.2 Å². The number of hydrogen-bond donors (Lipinski definition) is 2.